The second kappa shape index (κ2) is 9.99. The Morgan fingerprint density at radius 3 is 2.24 bits per heavy atom. The van der Waals surface area contributed by atoms with Gasteiger partial charge in [0.05, 0.1) is 16.4 Å². The Kier molecular flexibility index (Phi) is 7.70. The Balaban J connectivity index is 1.46. The lowest BCUT2D eigenvalue weighted by molar-refractivity contribution is -0.131. The Morgan fingerprint density at radius 2 is 1.70 bits per heavy atom. The van der Waals surface area contributed by atoms with E-state index in [0.29, 0.717) is 31.7 Å². The average Bonchev–Trinajstić information content (AvgIpc) is 3.25. The van der Waals surface area contributed by atoms with Gasteiger partial charge in [-0.1, -0.05) is 32.9 Å². The summed E-state index contributed by atoms with van der Waals surface area (Å²) in [5.74, 6) is 0.0772. The number of sulfone groups is 1. The molecule has 0 bridgehead atoms. The number of hydrogen-bond donors (Lipinski definition) is 1. The molecule has 0 unspecified atom stereocenters. The highest BCUT2D eigenvalue weighted by Gasteiger charge is 2.32. The largest absolute Gasteiger partial charge is 0.468 e. The number of piperidine rings is 1. The van der Waals surface area contributed by atoms with Crippen molar-refractivity contribution >= 4 is 25.8 Å². The molecule has 2 heterocycles. The van der Waals surface area contributed by atoms with E-state index >= 15 is 0 Å². The molecule has 1 N–H and O–H groups in total. The molecule has 182 valence electrons. The van der Waals surface area contributed by atoms with E-state index in [1.807, 2.05) is 0 Å². The first-order valence-electron chi connectivity index (χ1n) is 11.0. The summed E-state index contributed by atoms with van der Waals surface area (Å²) >= 11 is 0. The van der Waals surface area contributed by atoms with Crippen LogP contribution in [0.25, 0.3) is 0 Å². The van der Waals surface area contributed by atoms with E-state index in [0.717, 1.165) is 5.56 Å². The zero-order valence-electron chi connectivity index (χ0n) is 19.3. The van der Waals surface area contributed by atoms with E-state index in [2.05, 4.69) is 25.5 Å². The van der Waals surface area contributed by atoms with Crippen LogP contribution >= 0.6 is 0 Å². The summed E-state index contributed by atoms with van der Waals surface area (Å²) in [6.45, 7) is 6.82. The maximum Gasteiger partial charge on any atom is 0.240 e. The molecule has 2 aromatic rings. The number of likely N-dealkylation sites (tertiary alicyclic amines) is 1. The van der Waals surface area contributed by atoms with E-state index in [-0.39, 0.29) is 34.9 Å². The van der Waals surface area contributed by atoms with Crippen LogP contribution in [-0.4, -0.2) is 52.5 Å². The van der Waals surface area contributed by atoms with Gasteiger partial charge in [0, 0.05) is 26.1 Å². The van der Waals surface area contributed by atoms with Crippen molar-refractivity contribution in [3.63, 3.8) is 0 Å². The quantitative estimate of drug-likeness (QED) is 0.601. The van der Waals surface area contributed by atoms with Crippen molar-refractivity contribution < 1.29 is 26.0 Å². The van der Waals surface area contributed by atoms with Crippen LogP contribution in [0.1, 0.15) is 51.4 Å². The molecule has 1 aliphatic heterocycles. The standard InChI is InChI=1S/C23H32N2O6S2/c1-23(2,3)18-6-8-21(9-7-18)33(29,30)24-13-10-22(26)25-14-11-20(12-15-25)32(27,28)17-19-5-4-16-31-19/h4-9,16,20,24H,10-15,17H2,1-3H3. The molecule has 1 aromatic heterocycles. The maximum atomic E-state index is 12.6. The number of sulfonamides is 1. The predicted octanol–water partition coefficient (Wildman–Crippen LogP) is 2.85. The molecule has 0 spiro atoms. The van der Waals surface area contributed by atoms with Gasteiger partial charge in [0.25, 0.3) is 0 Å². The zero-order chi connectivity index (χ0) is 24.3. The Morgan fingerprint density at radius 1 is 1.06 bits per heavy atom. The summed E-state index contributed by atoms with van der Waals surface area (Å²) in [5, 5.41) is -0.513. The molecular formula is C23H32N2O6S2. The number of carbonyl (C=O) groups is 1. The minimum Gasteiger partial charge on any atom is -0.468 e. The van der Waals surface area contributed by atoms with E-state index in [1.54, 1.807) is 41.3 Å². The lowest BCUT2D eigenvalue weighted by Gasteiger charge is -2.31. The first kappa shape index (κ1) is 25.5. The molecule has 3 rings (SSSR count). The SMILES string of the molecule is CC(C)(C)c1ccc(S(=O)(=O)NCCC(=O)N2CCC(S(=O)(=O)Cc3ccco3)CC2)cc1. The number of furan rings is 1. The molecule has 0 aliphatic carbocycles. The van der Waals surface area contributed by atoms with Crippen LogP contribution in [0.4, 0.5) is 0 Å². The Hall–Kier alpha value is -2.17. The van der Waals surface area contributed by atoms with Crippen LogP contribution in [0.15, 0.2) is 52.0 Å². The number of nitrogens with zero attached hydrogens (tertiary/aromatic N) is 1. The van der Waals surface area contributed by atoms with Crippen LogP contribution in [0.5, 0.6) is 0 Å². The molecule has 0 saturated carbocycles. The third-order valence-electron chi connectivity index (χ3n) is 5.89. The molecule has 0 atom stereocenters. The highest BCUT2D eigenvalue weighted by Crippen LogP contribution is 2.24. The third kappa shape index (κ3) is 6.68. The van der Waals surface area contributed by atoms with E-state index in [1.165, 1.54) is 6.26 Å². The average molecular weight is 497 g/mol. The van der Waals surface area contributed by atoms with Gasteiger partial charge in [-0.15, -0.1) is 0 Å². The van der Waals surface area contributed by atoms with Gasteiger partial charge in [-0.25, -0.2) is 21.6 Å². The molecule has 8 nitrogen and oxygen atoms in total. The monoisotopic (exact) mass is 496 g/mol. The lowest BCUT2D eigenvalue weighted by atomic mass is 9.87. The summed E-state index contributed by atoms with van der Waals surface area (Å²) in [4.78, 5) is 14.3. The van der Waals surface area contributed by atoms with Crippen molar-refractivity contribution in [3.05, 3.63) is 54.0 Å². The first-order chi connectivity index (χ1) is 15.4. The van der Waals surface area contributed by atoms with E-state index in [9.17, 15) is 21.6 Å². The second-order valence-electron chi connectivity index (χ2n) is 9.39. The van der Waals surface area contributed by atoms with E-state index < -0.39 is 25.1 Å². The van der Waals surface area contributed by atoms with Crippen molar-refractivity contribution in [2.45, 2.75) is 61.3 Å². The summed E-state index contributed by atoms with van der Waals surface area (Å²) in [5.41, 5.74) is 0.958. The Labute approximate surface area is 196 Å². The molecule has 1 saturated heterocycles. The third-order valence-corrected chi connectivity index (χ3v) is 9.54. The van der Waals surface area contributed by atoms with Gasteiger partial charge in [0.15, 0.2) is 9.84 Å². The van der Waals surface area contributed by atoms with E-state index in [4.69, 9.17) is 4.42 Å². The Bertz CT molecular complexity index is 1140. The summed E-state index contributed by atoms with van der Waals surface area (Å²) in [7, 11) is -7.07. The van der Waals surface area contributed by atoms with Crippen LogP contribution in [0.2, 0.25) is 0 Å². The van der Waals surface area contributed by atoms with Crippen molar-refractivity contribution in [1.82, 2.24) is 9.62 Å². The van der Waals surface area contributed by atoms with Crippen molar-refractivity contribution in [2.24, 2.45) is 0 Å². The van der Waals surface area contributed by atoms with Gasteiger partial charge in [-0.05, 0) is 48.1 Å². The highest BCUT2D eigenvalue weighted by atomic mass is 32.2. The highest BCUT2D eigenvalue weighted by molar-refractivity contribution is 7.91. The topological polar surface area (TPSA) is 114 Å². The lowest BCUT2D eigenvalue weighted by Crippen LogP contribution is -2.43. The summed E-state index contributed by atoms with van der Waals surface area (Å²) in [6, 6.07) is 10.0. The normalized spacial score (nSPS) is 16.2. The van der Waals surface area contributed by atoms with Gasteiger partial charge < -0.3 is 9.32 Å². The van der Waals surface area contributed by atoms with Crippen LogP contribution in [-0.2, 0) is 35.8 Å². The molecule has 1 fully saturated rings. The number of amides is 1. The van der Waals surface area contributed by atoms with Crippen LogP contribution in [0.3, 0.4) is 0 Å². The minimum absolute atomic E-state index is 0.0150. The number of rotatable bonds is 8. The second-order valence-corrected chi connectivity index (χ2v) is 13.4. The number of hydrogen-bond acceptors (Lipinski definition) is 6. The van der Waals surface area contributed by atoms with Crippen molar-refractivity contribution in [3.8, 4) is 0 Å². The van der Waals surface area contributed by atoms with Gasteiger partial charge >= 0.3 is 0 Å². The minimum atomic E-state index is -3.71. The fraction of sp³-hybridized carbons (Fsp3) is 0.522. The fourth-order valence-corrected chi connectivity index (χ4v) is 6.60. The summed E-state index contributed by atoms with van der Waals surface area (Å²) in [6.07, 6.45) is 2.19. The number of carbonyl (C=O) groups excluding carboxylic acids is 1. The molecule has 33 heavy (non-hydrogen) atoms. The maximum absolute atomic E-state index is 12.6. The van der Waals surface area contributed by atoms with Crippen molar-refractivity contribution in [2.75, 3.05) is 19.6 Å². The molecule has 1 aliphatic rings. The zero-order valence-corrected chi connectivity index (χ0v) is 20.9. The number of benzene rings is 1. The first-order valence-corrected chi connectivity index (χ1v) is 14.2. The fourth-order valence-electron chi connectivity index (χ4n) is 3.84. The summed E-state index contributed by atoms with van der Waals surface area (Å²) < 4.78 is 57.8. The number of nitrogens with one attached hydrogen (secondary N) is 1. The molecule has 1 aromatic carbocycles. The van der Waals surface area contributed by atoms with Gasteiger partial charge in [-0.3, -0.25) is 4.79 Å². The van der Waals surface area contributed by atoms with Crippen molar-refractivity contribution in [1.29, 1.82) is 0 Å². The molecule has 0 radical (unpaired) electrons. The van der Waals surface area contributed by atoms with Gasteiger partial charge in [-0.2, -0.15) is 0 Å². The molecule has 1 amide bonds. The van der Waals surface area contributed by atoms with Crippen LogP contribution < -0.4 is 4.72 Å². The van der Waals surface area contributed by atoms with Gasteiger partial charge in [0.2, 0.25) is 15.9 Å². The van der Waals surface area contributed by atoms with Crippen LogP contribution in [0, 0.1) is 0 Å². The smallest absolute Gasteiger partial charge is 0.240 e. The molecular weight excluding hydrogens is 464 g/mol. The van der Waals surface area contributed by atoms with Gasteiger partial charge in [0.1, 0.15) is 11.5 Å². The predicted molar refractivity (Wildman–Crippen MR) is 126 cm³/mol. The molecule has 10 heteroatoms.